The first-order chi connectivity index (χ1) is 10.3. The molecular weight excluding hydrogens is 262 g/mol. The molecule has 0 spiro atoms. The number of ether oxygens (including phenoxy) is 1. The molecule has 0 saturated carbocycles. The van der Waals surface area contributed by atoms with Crippen LogP contribution in [0.15, 0.2) is 54.9 Å². The van der Waals surface area contributed by atoms with Crippen LogP contribution in [0, 0.1) is 0 Å². The van der Waals surface area contributed by atoms with Gasteiger partial charge in [-0.1, -0.05) is 30.3 Å². The maximum absolute atomic E-state index is 5.28. The Hall–Kier alpha value is -2.62. The Bertz CT molecular complexity index is 743. The van der Waals surface area contributed by atoms with Crippen LogP contribution in [0.5, 0.6) is 5.75 Å². The summed E-state index contributed by atoms with van der Waals surface area (Å²) in [6.07, 6.45) is 1.58. The maximum Gasteiger partial charge on any atom is 0.137 e. The second-order valence-electron chi connectivity index (χ2n) is 4.88. The summed E-state index contributed by atoms with van der Waals surface area (Å²) >= 11 is 0. The summed E-state index contributed by atoms with van der Waals surface area (Å²) in [6.45, 7) is 2.11. The Morgan fingerprint density at radius 3 is 2.62 bits per heavy atom. The Morgan fingerprint density at radius 1 is 1.05 bits per heavy atom. The zero-order valence-electron chi connectivity index (χ0n) is 12.1. The monoisotopic (exact) mass is 279 g/mol. The predicted octanol–water partition coefficient (Wildman–Crippen LogP) is 3.81. The molecule has 0 radical (unpaired) electrons. The van der Waals surface area contributed by atoms with E-state index in [0.717, 1.165) is 22.5 Å². The number of hydrogen-bond donors (Lipinski definition) is 1. The van der Waals surface area contributed by atoms with Crippen LogP contribution in [0.1, 0.15) is 18.5 Å². The van der Waals surface area contributed by atoms with Gasteiger partial charge in [-0.05, 0) is 30.7 Å². The van der Waals surface area contributed by atoms with Crippen LogP contribution in [0.2, 0.25) is 0 Å². The molecule has 0 saturated heterocycles. The Balaban J connectivity index is 1.96. The third-order valence-corrected chi connectivity index (χ3v) is 3.50. The van der Waals surface area contributed by atoms with Crippen LogP contribution in [-0.4, -0.2) is 17.1 Å². The summed E-state index contributed by atoms with van der Waals surface area (Å²) in [7, 11) is 1.66. The third-order valence-electron chi connectivity index (χ3n) is 3.50. The molecule has 0 amide bonds. The lowest BCUT2D eigenvalue weighted by Crippen LogP contribution is -2.08. The van der Waals surface area contributed by atoms with E-state index >= 15 is 0 Å². The predicted molar refractivity (Wildman–Crippen MR) is 84.6 cm³/mol. The highest BCUT2D eigenvalue weighted by Crippen LogP contribution is 2.27. The smallest absolute Gasteiger partial charge is 0.137 e. The molecule has 1 aromatic heterocycles. The summed E-state index contributed by atoms with van der Waals surface area (Å²) in [5.74, 6) is 1.61. The van der Waals surface area contributed by atoms with Gasteiger partial charge < -0.3 is 10.1 Å². The van der Waals surface area contributed by atoms with Crippen molar-refractivity contribution in [3.63, 3.8) is 0 Å². The SMILES string of the molecule is COc1ccc2ncnc(NC(C)c3ccccc3)c2c1. The highest BCUT2D eigenvalue weighted by atomic mass is 16.5. The summed E-state index contributed by atoms with van der Waals surface area (Å²) in [4.78, 5) is 8.66. The first-order valence-corrected chi connectivity index (χ1v) is 6.88. The van der Waals surface area contributed by atoms with E-state index in [2.05, 4.69) is 34.3 Å². The van der Waals surface area contributed by atoms with Crippen LogP contribution >= 0.6 is 0 Å². The largest absolute Gasteiger partial charge is 0.497 e. The van der Waals surface area contributed by atoms with Gasteiger partial charge in [-0.3, -0.25) is 0 Å². The molecule has 0 aliphatic rings. The van der Waals surface area contributed by atoms with Crippen LogP contribution in [-0.2, 0) is 0 Å². The molecular formula is C17H17N3O. The van der Waals surface area contributed by atoms with Crippen molar-refractivity contribution in [2.75, 3.05) is 12.4 Å². The Labute approximate surface area is 123 Å². The molecule has 1 atom stereocenters. The molecule has 1 unspecified atom stereocenters. The van der Waals surface area contributed by atoms with Gasteiger partial charge in [0.2, 0.25) is 0 Å². The normalized spacial score (nSPS) is 12.1. The van der Waals surface area contributed by atoms with Crippen molar-refractivity contribution >= 4 is 16.7 Å². The lowest BCUT2D eigenvalue weighted by molar-refractivity contribution is 0.415. The van der Waals surface area contributed by atoms with Crippen molar-refractivity contribution < 1.29 is 4.74 Å². The molecule has 106 valence electrons. The van der Waals surface area contributed by atoms with Crippen molar-refractivity contribution in [1.82, 2.24) is 9.97 Å². The lowest BCUT2D eigenvalue weighted by Gasteiger charge is -2.16. The van der Waals surface area contributed by atoms with E-state index in [1.807, 2.05) is 36.4 Å². The van der Waals surface area contributed by atoms with Gasteiger partial charge in [0.05, 0.1) is 12.6 Å². The highest BCUT2D eigenvalue weighted by Gasteiger charge is 2.09. The minimum absolute atomic E-state index is 0.163. The molecule has 1 N–H and O–H groups in total. The maximum atomic E-state index is 5.28. The van der Waals surface area contributed by atoms with Gasteiger partial charge in [-0.2, -0.15) is 0 Å². The van der Waals surface area contributed by atoms with Gasteiger partial charge in [-0.15, -0.1) is 0 Å². The van der Waals surface area contributed by atoms with Crippen LogP contribution in [0.25, 0.3) is 10.9 Å². The van der Waals surface area contributed by atoms with Crippen molar-refractivity contribution in [3.8, 4) is 5.75 Å². The van der Waals surface area contributed by atoms with Crippen molar-refractivity contribution in [1.29, 1.82) is 0 Å². The topological polar surface area (TPSA) is 47.0 Å². The number of methoxy groups -OCH3 is 1. The van der Waals surface area contributed by atoms with Gasteiger partial charge >= 0.3 is 0 Å². The molecule has 21 heavy (non-hydrogen) atoms. The van der Waals surface area contributed by atoms with E-state index in [0.29, 0.717) is 0 Å². The van der Waals surface area contributed by atoms with E-state index in [4.69, 9.17) is 4.74 Å². The fourth-order valence-corrected chi connectivity index (χ4v) is 2.31. The first-order valence-electron chi connectivity index (χ1n) is 6.88. The zero-order valence-corrected chi connectivity index (χ0v) is 12.1. The number of nitrogens with zero attached hydrogens (tertiary/aromatic N) is 2. The quantitative estimate of drug-likeness (QED) is 0.789. The lowest BCUT2D eigenvalue weighted by atomic mass is 10.1. The minimum atomic E-state index is 0.163. The van der Waals surface area contributed by atoms with E-state index < -0.39 is 0 Å². The number of nitrogens with one attached hydrogen (secondary N) is 1. The minimum Gasteiger partial charge on any atom is -0.497 e. The number of anilines is 1. The fraction of sp³-hybridized carbons (Fsp3) is 0.176. The van der Waals surface area contributed by atoms with E-state index in [1.165, 1.54) is 5.56 Å². The number of hydrogen-bond acceptors (Lipinski definition) is 4. The van der Waals surface area contributed by atoms with Crippen molar-refractivity contribution in [2.24, 2.45) is 0 Å². The molecule has 3 rings (SSSR count). The second kappa shape index (κ2) is 5.79. The van der Waals surface area contributed by atoms with Crippen LogP contribution in [0.4, 0.5) is 5.82 Å². The average Bonchev–Trinajstić information content (AvgIpc) is 2.55. The van der Waals surface area contributed by atoms with Gasteiger partial charge in [-0.25, -0.2) is 9.97 Å². The molecule has 0 aliphatic carbocycles. The number of benzene rings is 2. The zero-order chi connectivity index (χ0) is 14.7. The molecule has 3 aromatic rings. The number of rotatable bonds is 4. The Kier molecular flexibility index (Phi) is 3.69. The average molecular weight is 279 g/mol. The van der Waals surface area contributed by atoms with Gasteiger partial charge in [0.1, 0.15) is 17.9 Å². The molecule has 0 aliphatic heterocycles. The third kappa shape index (κ3) is 2.79. The molecule has 4 heteroatoms. The first kappa shape index (κ1) is 13.4. The Morgan fingerprint density at radius 2 is 1.86 bits per heavy atom. The van der Waals surface area contributed by atoms with Gasteiger partial charge in [0.15, 0.2) is 0 Å². The van der Waals surface area contributed by atoms with Crippen LogP contribution < -0.4 is 10.1 Å². The molecule has 2 aromatic carbocycles. The van der Waals surface area contributed by atoms with E-state index in [9.17, 15) is 0 Å². The summed E-state index contributed by atoms with van der Waals surface area (Å²) in [6, 6.07) is 16.2. The summed E-state index contributed by atoms with van der Waals surface area (Å²) in [5, 5.41) is 4.40. The van der Waals surface area contributed by atoms with Gasteiger partial charge in [0, 0.05) is 11.4 Å². The summed E-state index contributed by atoms with van der Waals surface area (Å²) < 4.78 is 5.28. The van der Waals surface area contributed by atoms with E-state index in [-0.39, 0.29) is 6.04 Å². The molecule has 4 nitrogen and oxygen atoms in total. The molecule has 0 fully saturated rings. The number of fused-ring (bicyclic) bond motifs is 1. The number of aromatic nitrogens is 2. The van der Waals surface area contributed by atoms with Gasteiger partial charge in [0.25, 0.3) is 0 Å². The molecule has 0 bridgehead atoms. The van der Waals surface area contributed by atoms with Crippen LogP contribution in [0.3, 0.4) is 0 Å². The van der Waals surface area contributed by atoms with Crippen molar-refractivity contribution in [3.05, 3.63) is 60.4 Å². The van der Waals surface area contributed by atoms with E-state index in [1.54, 1.807) is 13.4 Å². The van der Waals surface area contributed by atoms with Crippen molar-refractivity contribution in [2.45, 2.75) is 13.0 Å². The molecule has 1 heterocycles. The second-order valence-corrected chi connectivity index (χ2v) is 4.88. The standard InChI is InChI=1S/C17H17N3O/c1-12(13-6-4-3-5-7-13)20-17-15-10-14(21-2)8-9-16(15)18-11-19-17/h3-12H,1-2H3,(H,18,19,20). The fourth-order valence-electron chi connectivity index (χ4n) is 2.31. The highest BCUT2D eigenvalue weighted by molar-refractivity contribution is 5.90. The summed E-state index contributed by atoms with van der Waals surface area (Å²) in [5.41, 5.74) is 2.11.